The summed E-state index contributed by atoms with van der Waals surface area (Å²) in [5.41, 5.74) is 2.26. The first kappa shape index (κ1) is 17.4. The minimum Gasteiger partial charge on any atom is -0.486 e. The highest BCUT2D eigenvalue weighted by atomic mass is 16.6. The molecular formula is C21H22N2O4. The summed E-state index contributed by atoms with van der Waals surface area (Å²) in [6.07, 6.45) is 1.42. The first-order chi connectivity index (χ1) is 13.1. The average Bonchev–Trinajstić information content (AvgIpc) is 3.13. The Morgan fingerprint density at radius 2 is 1.93 bits per heavy atom. The van der Waals surface area contributed by atoms with Crippen molar-refractivity contribution in [2.45, 2.75) is 25.8 Å². The topological polar surface area (TPSA) is 67.9 Å². The highest BCUT2D eigenvalue weighted by Crippen LogP contribution is 2.32. The summed E-state index contributed by atoms with van der Waals surface area (Å²) < 4.78 is 11.1. The van der Waals surface area contributed by atoms with Gasteiger partial charge in [0.1, 0.15) is 13.2 Å². The number of benzene rings is 2. The molecule has 2 aliphatic rings. The molecule has 27 heavy (non-hydrogen) atoms. The van der Waals surface area contributed by atoms with Crippen LogP contribution in [0.4, 0.5) is 5.69 Å². The molecule has 0 saturated carbocycles. The van der Waals surface area contributed by atoms with Gasteiger partial charge in [0, 0.05) is 24.2 Å². The van der Waals surface area contributed by atoms with Crippen molar-refractivity contribution in [3.63, 3.8) is 0 Å². The SMILES string of the molecule is C[C@@H](NC(=O)c1cccc(N2CCCC2=O)c1)c1ccc2c(c1)OCCO2. The molecule has 140 valence electrons. The van der Waals surface area contributed by atoms with Gasteiger partial charge in [-0.1, -0.05) is 12.1 Å². The standard InChI is InChI=1S/C21H22N2O4/c1-14(15-7-8-18-19(13-15)27-11-10-26-18)22-21(25)16-4-2-5-17(12-16)23-9-3-6-20(23)24/h2,4-5,7-8,12-14H,3,6,9-11H2,1H3,(H,22,25)/t14-/m1/s1. The summed E-state index contributed by atoms with van der Waals surface area (Å²) in [4.78, 5) is 26.4. The zero-order valence-electron chi connectivity index (χ0n) is 15.2. The number of nitrogens with zero attached hydrogens (tertiary/aromatic N) is 1. The van der Waals surface area contributed by atoms with E-state index in [0.717, 1.165) is 23.4 Å². The van der Waals surface area contributed by atoms with E-state index >= 15 is 0 Å². The van der Waals surface area contributed by atoms with Crippen LogP contribution < -0.4 is 19.7 Å². The summed E-state index contributed by atoms with van der Waals surface area (Å²) in [7, 11) is 0. The summed E-state index contributed by atoms with van der Waals surface area (Å²) >= 11 is 0. The minimum atomic E-state index is -0.189. The lowest BCUT2D eigenvalue weighted by molar-refractivity contribution is -0.117. The van der Waals surface area contributed by atoms with Crippen LogP contribution in [-0.2, 0) is 4.79 Å². The van der Waals surface area contributed by atoms with Gasteiger partial charge in [-0.3, -0.25) is 9.59 Å². The van der Waals surface area contributed by atoms with Crippen molar-refractivity contribution in [2.24, 2.45) is 0 Å². The first-order valence-electron chi connectivity index (χ1n) is 9.22. The number of hydrogen-bond donors (Lipinski definition) is 1. The maximum absolute atomic E-state index is 12.7. The molecule has 0 unspecified atom stereocenters. The van der Waals surface area contributed by atoms with E-state index in [1.54, 1.807) is 17.0 Å². The number of fused-ring (bicyclic) bond motifs is 1. The lowest BCUT2D eigenvalue weighted by atomic mass is 10.1. The molecule has 2 aromatic carbocycles. The van der Waals surface area contributed by atoms with Gasteiger partial charge in [0.05, 0.1) is 6.04 Å². The van der Waals surface area contributed by atoms with E-state index in [9.17, 15) is 9.59 Å². The average molecular weight is 366 g/mol. The highest BCUT2D eigenvalue weighted by Gasteiger charge is 2.23. The predicted molar refractivity (Wildman–Crippen MR) is 101 cm³/mol. The highest BCUT2D eigenvalue weighted by molar-refractivity contribution is 5.99. The van der Waals surface area contributed by atoms with Crippen LogP contribution in [0.2, 0.25) is 0 Å². The molecule has 0 radical (unpaired) electrons. The summed E-state index contributed by atoms with van der Waals surface area (Å²) in [6, 6.07) is 12.7. The number of ether oxygens (including phenoxy) is 2. The number of anilines is 1. The third-order valence-corrected chi connectivity index (χ3v) is 4.91. The van der Waals surface area contributed by atoms with Crippen molar-refractivity contribution < 1.29 is 19.1 Å². The second kappa shape index (κ2) is 7.31. The first-order valence-corrected chi connectivity index (χ1v) is 9.22. The van der Waals surface area contributed by atoms with Crippen LogP contribution in [-0.4, -0.2) is 31.6 Å². The Morgan fingerprint density at radius 3 is 2.70 bits per heavy atom. The zero-order valence-corrected chi connectivity index (χ0v) is 15.2. The number of hydrogen-bond acceptors (Lipinski definition) is 4. The van der Waals surface area contributed by atoms with Crippen molar-refractivity contribution in [1.29, 1.82) is 0 Å². The van der Waals surface area contributed by atoms with Crippen LogP contribution in [0, 0.1) is 0 Å². The zero-order chi connectivity index (χ0) is 18.8. The molecule has 4 rings (SSSR count). The Kier molecular flexibility index (Phi) is 4.71. The van der Waals surface area contributed by atoms with Gasteiger partial charge < -0.3 is 19.7 Å². The van der Waals surface area contributed by atoms with Gasteiger partial charge in [-0.25, -0.2) is 0 Å². The molecule has 0 spiro atoms. The van der Waals surface area contributed by atoms with Crippen LogP contribution in [0.5, 0.6) is 11.5 Å². The molecule has 2 amide bonds. The largest absolute Gasteiger partial charge is 0.486 e. The van der Waals surface area contributed by atoms with Gasteiger partial charge in [-0.05, 0) is 49.2 Å². The fourth-order valence-electron chi connectivity index (χ4n) is 3.43. The number of rotatable bonds is 4. The molecule has 0 aliphatic carbocycles. The quantitative estimate of drug-likeness (QED) is 0.903. The third kappa shape index (κ3) is 3.60. The molecular weight excluding hydrogens is 344 g/mol. The van der Waals surface area contributed by atoms with E-state index in [-0.39, 0.29) is 17.9 Å². The predicted octanol–water partition coefficient (Wildman–Crippen LogP) is 3.08. The van der Waals surface area contributed by atoms with Gasteiger partial charge >= 0.3 is 0 Å². The van der Waals surface area contributed by atoms with Gasteiger partial charge in [0.2, 0.25) is 5.91 Å². The maximum atomic E-state index is 12.7. The van der Waals surface area contributed by atoms with Crippen LogP contribution >= 0.6 is 0 Å². The van der Waals surface area contributed by atoms with Crippen molar-refractivity contribution >= 4 is 17.5 Å². The molecule has 2 aliphatic heterocycles. The molecule has 1 saturated heterocycles. The fraction of sp³-hybridized carbons (Fsp3) is 0.333. The summed E-state index contributed by atoms with van der Waals surface area (Å²) in [5, 5.41) is 3.01. The molecule has 1 atom stereocenters. The Balaban J connectivity index is 1.48. The van der Waals surface area contributed by atoms with Crippen LogP contribution in [0.15, 0.2) is 42.5 Å². The normalized spacial score (nSPS) is 16.9. The molecule has 0 aromatic heterocycles. The van der Waals surface area contributed by atoms with Crippen molar-refractivity contribution in [1.82, 2.24) is 5.32 Å². The molecule has 1 N–H and O–H groups in total. The smallest absolute Gasteiger partial charge is 0.251 e. The second-order valence-corrected chi connectivity index (χ2v) is 6.80. The Bertz CT molecular complexity index is 880. The van der Waals surface area contributed by atoms with Gasteiger partial charge in [-0.15, -0.1) is 0 Å². The van der Waals surface area contributed by atoms with Crippen molar-refractivity contribution in [3.8, 4) is 11.5 Å². The van der Waals surface area contributed by atoms with Gasteiger partial charge in [-0.2, -0.15) is 0 Å². The third-order valence-electron chi connectivity index (χ3n) is 4.91. The van der Waals surface area contributed by atoms with Crippen molar-refractivity contribution in [3.05, 3.63) is 53.6 Å². The van der Waals surface area contributed by atoms with Gasteiger partial charge in [0.25, 0.3) is 5.91 Å². The molecule has 6 nitrogen and oxygen atoms in total. The number of amides is 2. The maximum Gasteiger partial charge on any atom is 0.251 e. The van der Waals surface area contributed by atoms with Gasteiger partial charge in [0.15, 0.2) is 11.5 Å². The Hall–Kier alpha value is -3.02. The van der Waals surface area contributed by atoms with E-state index in [0.29, 0.717) is 37.5 Å². The molecule has 2 aromatic rings. The van der Waals surface area contributed by atoms with E-state index in [1.165, 1.54) is 0 Å². The number of nitrogens with one attached hydrogen (secondary N) is 1. The molecule has 2 heterocycles. The molecule has 6 heteroatoms. The second-order valence-electron chi connectivity index (χ2n) is 6.80. The van der Waals surface area contributed by atoms with Crippen LogP contribution in [0.25, 0.3) is 0 Å². The lowest BCUT2D eigenvalue weighted by Crippen LogP contribution is -2.28. The van der Waals surface area contributed by atoms with E-state index in [4.69, 9.17) is 9.47 Å². The Morgan fingerprint density at radius 1 is 1.11 bits per heavy atom. The fourth-order valence-corrected chi connectivity index (χ4v) is 3.43. The summed E-state index contributed by atoms with van der Waals surface area (Å²) in [5.74, 6) is 1.36. The molecule has 1 fully saturated rings. The van der Waals surface area contributed by atoms with Crippen molar-refractivity contribution in [2.75, 3.05) is 24.7 Å². The Labute approximate surface area is 158 Å². The number of carbonyl (C=O) groups is 2. The van der Waals surface area contributed by atoms with Crippen LogP contribution in [0.1, 0.15) is 41.7 Å². The van der Waals surface area contributed by atoms with E-state index in [2.05, 4.69) is 5.32 Å². The lowest BCUT2D eigenvalue weighted by Gasteiger charge is -2.21. The van der Waals surface area contributed by atoms with E-state index in [1.807, 2.05) is 37.3 Å². The number of carbonyl (C=O) groups excluding carboxylic acids is 2. The summed E-state index contributed by atoms with van der Waals surface area (Å²) in [6.45, 7) is 3.71. The minimum absolute atomic E-state index is 0.109. The molecule has 0 bridgehead atoms. The monoisotopic (exact) mass is 366 g/mol. The van der Waals surface area contributed by atoms with Crippen LogP contribution in [0.3, 0.4) is 0 Å². The van der Waals surface area contributed by atoms with E-state index < -0.39 is 0 Å².